The van der Waals surface area contributed by atoms with Gasteiger partial charge >= 0.3 is 71.1 Å². The van der Waals surface area contributed by atoms with Gasteiger partial charge in [-0.15, -0.1) is 0 Å². The fourth-order valence-electron chi connectivity index (χ4n) is 3.20. The monoisotopic (exact) mass is 497 g/mol. The van der Waals surface area contributed by atoms with Crippen LogP contribution in [-0.4, -0.2) is 113 Å². The molecule has 9 nitrogen and oxygen atoms in total. The van der Waals surface area contributed by atoms with Gasteiger partial charge in [-0.3, -0.25) is 14.1 Å². The van der Waals surface area contributed by atoms with E-state index in [0.717, 1.165) is 24.3 Å². The number of unbranched alkanes of at least 4 members (excludes halogenated alkanes) is 9. The van der Waals surface area contributed by atoms with Crippen molar-refractivity contribution in [2.75, 3.05) is 13.2 Å². The average Bonchev–Trinajstić information content (AvgIpc) is 3.07. The standard InChI is InChI=1S/C20H35NO8S.2Na.2H/c1-2-3-4-5-6-7-8-9-10-11-15-28-20(24)17(30(25,26)27)16-19(23)29-21-14-12-13-18(21)22;;;;/h17H,2-16H2,1H3,(H,25,26,27);;;;. The van der Waals surface area contributed by atoms with Crippen molar-refractivity contribution >= 4 is 87.1 Å². The molecule has 1 aliphatic heterocycles. The number of hydrogen-bond acceptors (Lipinski definition) is 7. The third-order valence-corrected chi connectivity index (χ3v) is 6.04. The summed E-state index contributed by atoms with van der Waals surface area (Å²) in [4.78, 5) is 40.1. The molecule has 1 saturated heterocycles. The Hall–Kier alpha value is 0.320. The van der Waals surface area contributed by atoms with Crippen molar-refractivity contribution in [2.24, 2.45) is 0 Å². The van der Waals surface area contributed by atoms with Crippen LogP contribution >= 0.6 is 0 Å². The van der Waals surface area contributed by atoms with E-state index in [1.807, 2.05) is 0 Å². The van der Waals surface area contributed by atoms with Crippen LogP contribution in [0.4, 0.5) is 0 Å². The molecule has 178 valence electrons. The third kappa shape index (κ3) is 15.3. The van der Waals surface area contributed by atoms with Crippen molar-refractivity contribution in [3.05, 3.63) is 0 Å². The van der Waals surface area contributed by atoms with Gasteiger partial charge in [-0.05, 0) is 12.8 Å². The molecule has 0 aromatic carbocycles. The number of esters is 1. The van der Waals surface area contributed by atoms with E-state index in [-0.39, 0.29) is 78.7 Å². The molecule has 0 spiro atoms. The molecule has 0 radical (unpaired) electrons. The molecule has 12 heteroatoms. The average molecular weight is 498 g/mol. The maximum absolute atomic E-state index is 12.0. The Morgan fingerprint density at radius 2 is 1.53 bits per heavy atom. The summed E-state index contributed by atoms with van der Waals surface area (Å²) in [6.07, 6.45) is 10.8. The number of ether oxygens (including phenoxy) is 1. The number of hydrogen-bond donors (Lipinski definition) is 1. The molecule has 1 rings (SSSR count). The van der Waals surface area contributed by atoms with Crippen molar-refractivity contribution < 1.29 is 36.9 Å². The fraction of sp³-hybridized carbons (Fsp3) is 0.850. The van der Waals surface area contributed by atoms with Crippen molar-refractivity contribution in [1.82, 2.24) is 5.06 Å². The van der Waals surface area contributed by atoms with E-state index in [2.05, 4.69) is 6.92 Å². The molecule has 1 aliphatic rings. The molecule has 1 N–H and O–H groups in total. The van der Waals surface area contributed by atoms with E-state index in [0.29, 0.717) is 12.8 Å². The van der Waals surface area contributed by atoms with Crippen LogP contribution in [0.5, 0.6) is 0 Å². The zero-order valence-corrected chi connectivity index (χ0v) is 18.7. The first kappa shape index (κ1) is 34.5. The van der Waals surface area contributed by atoms with Crippen LogP contribution in [0.1, 0.15) is 90.4 Å². The molecular formula is C20H37NNa2O8S. The third-order valence-electron chi connectivity index (χ3n) is 4.96. The molecule has 1 heterocycles. The van der Waals surface area contributed by atoms with Gasteiger partial charge in [0.15, 0.2) is 5.25 Å². The summed E-state index contributed by atoms with van der Waals surface area (Å²) in [5.41, 5.74) is 0. The maximum atomic E-state index is 12.0. The summed E-state index contributed by atoms with van der Waals surface area (Å²) in [5, 5.41) is -1.23. The van der Waals surface area contributed by atoms with E-state index >= 15 is 0 Å². The quantitative estimate of drug-likeness (QED) is 0.148. The molecular weight excluding hydrogens is 460 g/mol. The minimum absolute atomic E-state index is 0. The van der Waals surface area contributed by atoms with Crippen LogP contribution in [0.25, 0.3) is 0 Å². The number of carbonyl (C=O) groups is 3. The molecule has 0 bridgehead atoms. The molecule has 1 amide bonds. The summed E-state index contributed by atoms with van der Waals surface area (Å²) < 4.78 is 37.2. The van der Waals surface area contributed by atoms with Crippen LogP contribution in [-0.2, 0) is 34.1 Å². The SMILES string of the molecule is CCCCCCCCCCCCOC(=O)C(CC(=O)ON1CCCC1=O)S(=O)(=O)O.[NaH].[NaH]. The second kappa shape index (κ2) is 19.6. The van der Waals surface area contributed by atoms with Gasteiger partial charge in [-0.2, -0.15) is 13.5 Å². The molecule has 1 fully saturated rings. The zero-order valence-electron chi connectivity index (χ0n) is 17.8. The van der Waals surface area contributed by atoms with Crippen LogP contribution in [0.15, 0.2) is 0 Å². The first-order valence-corrected chi connectivity index (χ1v) is 12.4. The number of rotatable bonds is 16. The summed E-state index contributed by atoms with van der Waals surface area (Å²) in [6.45, 7) is 2.42. The predicted octanol–water partition coefficient (Wildman–Crippen LogP) is 1.88. The first-order valence-electron chi connectivity index (χ1n) is 10.9. The van der Waals surface area contributed by atoms with Gasteiger partial charge in [0, 0.05) is 6.42 Å². The number of amides is 1. The molecule has 1 atom stereocenters. The Balaban J connectivity index is 0. The summed E-state index contributed by atoms with van der Waals surface area (Å²) in [6, 6.07) is 0. The van der Waals surface area contributed by atoms with Crippen molar-refractivity contribution in [3.63, 3.8) is 0 Å². The second-order valence-corrected chi connectivity index (χ2v) is 9.22. The van der Waals surface area contributed by atoms with Gasteiger partial charge in [0.05, 0.1) is 19.6 Å². The van der Waals surface area contributed by atoms with E-state index < -0.39 is 39.6 Å². The normalized spacial score (nSPS) is 14.3. The Kier molecular flexibility index (Phi) is 21.1. The molecule has 0 aliphatic carbocycles. The first-order chi connectivity index (χ1) is 14.3. The topological polar surface area (TPSA) is 127 Å². The van der Waals surface area contributed by atoms with Crippen molar-refractivity contribution in [2.45, 2.75) is 95.6 Å². The molecule has 1 unspecified atom stereocenters. The van der Waals surface area contributed by atoms with Crippen LogP contribution in [0.2, 0.25) is 0 Å². The van der Waals surface area contributed by atoms with Crippen molar-refractivity contribution in [3.8, 4) is 0 Å². The van der Waals surface area contributed by atoms with Crippen LogP contribution in [0, 0.1) is 0 Å². The molecule has 0 saturated carbocycles. The van der Waals surface area contributed by atoms with Gasteiger partial charge in [0.2, 0.25) is 0 Å². The van der Waals surface area contributed by atoms with Gasteiger partial charge < -0.3 is 9.57 Å². The zero-order chi connectivity index (χ0) is 22.4. The predicted molar refractivity (Wildman–Crippen MR) is 124 cm³/mol. The Morgan fingerprint density at radius 3 is 2.00 bits per heavy atom. The Labute approximate surface area is 236 Å². The fourth-order valence-corrected chi connectivity index (χ4v) is 3.85. The van der Waals surface area contributed by atoms with Crippen LogP contribution in [0.3, 0.4) is 0 Å². The number of hydroxylamine groups is 2. The molecule has 0 aromatic heterocycles. The van der Waals surface area contributed by atoms with E-state index in [4.69, 9.17) is 9.57 Å². The van der Waals surface area contributed by atoms with Gasteiger partial charge in [-0.1, -0.05) is 64.7 Å². The van der Waals surface area contributed by atoms with E-state index in [1.165, 1.54) is 38.5 Å². The second-order valence-electron chi connectivity index (χ2n) is 7.62. The summed E-state index contributed by atoms with van der Waals surface area (Å²) in [5.74, 6) is -2.68. The van der Waals surface area contributed by atoms with Gasteiger partial charge in [0.25, 0.3) is 16.0 Å². The van der Waals surface area contributed by atoms with Gasteiger partial charge in [-0.25, -0.2) is 4.79 Å². The number of nitrogens with zero attached hydrogens (tertiary/aromatic N) is 1. The Bertz CT molecular complexity index is 660. The molecule has 0 aromatic rings. The minimum atomic E-state index is -4.85. The van der Waals surface area contributed by atoms with E-state index in [9.17, 15) is 27.4 Å². The molecule has 32 heavy (non-hydrogen) atoms. The van der Waals surface area contributed by atoms with E-state index in [1.54, 1.807) is 0 Å². The summed E-state index contributed by atoms with van der Waals surface area (Å²) in [7, 11) is -4.85. The number of carbonyl (C=O) groups excluding carboxylic acids is 3. The van der Waals surface area contributed by atoms with Gasteiger partial charge in [0.1, 0.15) is 0 Å². The van der Waals surface area contributed by atoms with Crippen LogP contribution < -0.4 is 0 Å². The summed E-state index contributed by atoms with van der Waals surface area (Å²) >= 11 is 0. The Morgan fingerprint density at radius 1 is 1.00 bits per heavy atom. The van der Waals surface area contributed by atoms with Crippen molar-refractivity contribution in [1.29, 1.82) is 0 Å².